The zero-order chi connectivity index (χ0) is 32.7. The third-order valence-corrected chi connectivity index (χ3v) is 8.96. The molecule has 2 saturated heterocycles. The molecule has 1 amide bonds. The third-order valence-electron chi connectivity index (χ3n) is 8.59. The fraction of sp³-hybridized carbons (Fsp3) is 0.333. The van der Waals surface area contributed by atoms with Crippen molar-refractivity contribution in [3.63, 3.8) is 0 Å². The van der Waals surface area contributed by atoms with Crippen LogP contribution in [0.1, 0.15) is 6.42 Å². The maximum absolute atomic E-state index is 16.1. The predicted molar refractivity (Wildman–Crippen MR) is 168 cm³/mol. The van der Waals surface area contributed by atoms with E-state index < -0.39 is 35.6 Å². The van der Waals surface area contributed by atoms with Crippen molar-refractivity contribution in [1.29, 1.82) is 0 Å². The molecular weight excluding hydrogens is 624 g/mol. The molecular formula is C33H29ClF4N6O2. The summed E-state index contributed by atoms with van der Waals surface area (Å²) in [5.41, 5.74) is 0.794. The lowest BCUT2D eigenvalue weighted by Gasteiger charge is -2.39. The van der Waals surface area contributed by atoms with Crippen LogP contribution in [0, 0.1) is 18.2 Å². The Labute approximate surface area is 267 Å². The molecule has 6 rings (SSSR count). The van der Waals surface area contributed by atoms with Crippen LogP contribution in [0.15, 0.2) is 54.9 Å². The number of carbonyl (C=O) groups excluding carboxylic acids is 1. The number of likely N-dealkylation sites (N-methyl/N-ethyl adjacent to an activating group) is 1. The zero-order valence-corrected chi connectivity index (χ0v) is 25.6. The van der Waals surface area contributed by atoms with Gasteiger partial charge < -0.3 is 19.4 Å². The second kappa shape index (κ2) is 12.7. The van der Waals surface area contributed by atoms with E-state index in [1.807, 2.05) is 4.90 Å². The Kier molecular flexibility index (Phi) is 8.72. The molecule has 1 aromatic heterocycles. The number of hydrogen-bond donors (Lipinski definition) is 0. The topological polar surface area (TPSA) is 66.2 Å². The Bertz CT molecular complexity index is 1900. The molecule has 8 nitrogen and oxygen atoms in total. The number of anilines is 1. The molecule has 3 aromatic carbocycles. The van der Waals surface area contributed by atoms with E-state index in [1.165, 1.54) is 23.1 Å². The Morgan fingerprint density at radius 1 is 1.11 bits per heavy atom. The number of amides is 1. The van der Waals surface area contributed by atoms with Gasteiger partial charge >= 0.3 is 6.01 Å². The number of benzene rings is 3. The number of piperazine rings is 1. The van der Waals surface area contributed by atoms with E-state index in [9.17, 15) is 18.0 Å². The van der Waals surface area contributed by atoms with E-state index in [1.54, 1.807) is 36.2 Å². The van der Waals surface area contributed by atoms with Crippen LogP contribution in [0.2, 0.25) is 5.02 Å². The van der Waals surface area contributed by atoms with Crippen LogP contribution in [0.25, 0.3) is 37.6 Å². The van der Waals surface area contributed by atoms with Crippen molar-refractivity contribution in [2.75, 3.05) is 51.3 Å². The number of alkyl halides is 1. The Morgan fingerprint density at radius 3 is 2.63 bits per heavy atom. The average molecular weight is 653 g/mol. The van der Waals surface area contributed by atoms with Gasteiger partial charge in [-0.25, -0.2) is 24.1 Å². The number of hydrogen-bond acceptors (Lipinski definition) is 6. The molecule has 0 N–H and O–H groups in total. The number of nitrogens with zero attached hydrogens (tertiary/aromatic N) is 6. The zero-order valence-electron chi connectivity index (χ0n) is 24.8. The van der Waals surface area contributed by atoms with Crippen molar-refractivity contribution < 1.29 is 27.1 Å². The first-order valence-corrected chi connectivity index (χ1v) is 15.0. The lowest BCUT2D eigenvalue weighted by molar-refractivity contribution is -0.131. The molecule has 3 atom stereocenters. The van der Waals surface area contributed by atoms with Crippen molar-refractivity contribution in [2.45, 2.75) is 24.7 Å². The van der Waals surface area contributed by atoms with Crippen LogP contribution in [-0.4, -0.2) is 90.3 Å². The van der Waals surface area contributed by atoms with Crippen molar-refractivity contribution in [3.05, 3.63) is 82.9 Å². The molecule has 4 aromatic rings. The van der Waals surface area contributed by atoms with Gasteiger partial charge in [0.05, 0.1) is 10.5 Å². The molecule has 0 spiro atoms. The normalized spacial score (nSPS) is 20.3. The molecule has 2 aliphatic rings. The molecule has 3 heterocycles. The smallest absolute Gasteiger partial charge is 0.319 e. The second-order valence-corrected chi connectivity index (χ2v) is 11.9. The van der Waals surface area contributed by atoms with Gasteiger partial charge in [0.25, 0.3) is 5.91 Å². The second-order valence-electron chi connectivity index (χ2n) is 11.5. The Morgan fingerprint density at radius 2 is 1.91 bits per heavy atom. The van der Waals surface area contributed by atoms with Crippen LogP contribution in [0.5, 0.6) is 6.01 Å². The van der Waals surface area contributed by atoms with Crippen molar-refractivity contribution >= 4 is 45.0 Å². The summed E-state index contributed by atoms with van der Waals surface area (Å²) in [6.45, 7) is 11.1. The Balaban J connectivity index is 1.45. The van der Waals surface area contributed by atoms with Crippen molar-refractivity contribution in [3.8, 4) is 17.1 Å². The number of halogens is 5. The van der Waals surface area contributed by atoms with Crippen LogP contribution in [0.4, 0.5) is 23.4 Å². The highest BCUT2D eigenvalue weighted by molar-refractivity contribution is 6.37. The summed E-state index contributed by atoms with van der Waals surface area (Å²) in [7, 11) is 1.80. The molecule has 2 fully saturated rings. The fourth-order valence-corrected chi connectivity index (χ4v) is 6.54. The average Bonchev–Trinajstić information content (AvgIpc) is 3.36. The number of fused-ring (bicyclic) bond motifs is 2. The first-order valence-electron chi connectivity index (χ1n) is 14.6. The summed E-state index contributed by atoms with van der Waals surface area (Å²) in [5, 5.41) is 1.15. The maximum Gasteiger partial charge on any atom is 0.319 e. The number of likely N-dealkylation sites (tertiary alicyclic amines) is 1. The molecule has 0 aliphatic carbocycles. The van der Waals surface area contributed by atoms with Crippen LogP contribution in [-0.2, 0) is 4.79 Å². The molecule has 0 bridgehead atoms. The summed E-state index contributed by atoms with van der Waals surface area (Å²) in [6.07, 6.45) is -0.688. The summed E-state index contributed by atoms with van der Waals surface area (Å²) in [6, 6.07) is 9.79. The third kappa shape index (κ3) is 5.92. The van der Waals surface area contributed by atoms with E-state index in [2.05, 4.69) is 21.4 Å². The van der Waals surface area contributed by atoms with Crippen LogP contribution >= 0.6 is 11.6 Å². The SMILES string of the molecule is [C-]#[N+]C[C@H]1CN(c2nc(OC[C@@H]3C[C@@H](F)CN3C)nc3cc(-c4cccc5ccc(F)c(Cl)c45)c(F)cc23)CCN1C(=O)C(=C)F. The van der Waals surface area contributed by atoms with E-state index >= 15 is 4.39 Å². The standard InChI is InChI=1S/C33H29ClF4N6O2/c1-18(35)32(45)44-10-9-43(16-22(44)14-39-2)31-25-12-27(38)24(23-6-4-5-19-7-8-26(37)30(34)29(19)23)13-28(25)40-33(41-31)46-17-21-11-20(36)15-42(21)3/h4-8,12-13,20-22H,1,9-11,14-17H2,3H3/t20-,21+,22+/m1/s1. The monoisotopic (exact) mass is 652 g/mol. The minimum absolute atomic E-state index is 0.0323. The summed E-state index contributed by atoms with van der Waals surface area (Å²) in [4.78, 5) is 30.0. The van der Waals surface area contributed by atoms with E-state index in [4.69, 9.17) is 22.9 Å². The quantitative estimate of drug-likeness (QED) is 0.134. The highest BCUT2D eigenvalue weighted by Gasteiger charge is 2.35. The largest absolute Gasteiger partial charge is 0.462 e. The molecule has 238 valence electrons. The van der Waals surface area contributed by atoms with Gasteiger partial charge in [-0.3, -0.25) is 9.69 Å². The van der Waals surface area contributed by atoms with Gasteiger partial charge in [-0.05, 0) is 42.6 Å². The molecule has 0 radical (unpaired) electrons. The van der Waals surface area contributed by atoms with Gasteiger partial charge in [0.1, 0.15) is 36.3 Å². The van der Waals surface area contributed by atoms with Crippen LogP contribution < -0.4 is 9.64 Å². The Hall–Kier alpha value is -4.47. The first-order chi connectivity index (χ1) is 22.0. The molecule has 46 heavy (non-hydrogen) atoms. The van der Waals surface area contributed by atoms with E-state index in [-0.39, 0.29) is 67.8 Å². The lowest BCUT2D eigenvalue weighted by Crippen LogP contribution is -2.56. The summed E-state index contributed by atoms with van der Waals surface area (Å²) >= 11 is 6.36. The molecule has 13 heteroatoms. The minimum atomic E-state index is -1.12. The summed E-state index contributed by atoms with van der Waals surface area (Å²) in [5.74, 6) is -3.00. The molecule has 2 aliphatic heterocycles. The van der Waals surface area contributed by atoms with Gasteiger partial charge in [0, 0.05) is 48.6 Å². The van der Waals surface area contributed by atoms with Crippen LogP contribution in [0.3, 0.4) is 0 Å². The van der Waals surface area contributed by atoms with Crippen molar-refractivity contribution in [2.24, 2.45) is 0 Å². The van der Waals surface area contributed by atoms with E-state index in [0.717, 1.165) is 0 Å². The number of rotatable bonds is 7. The van der Waals surface area contributed by atoms with Gasteiger partial charge in [-0.1, -0.05) is 42.4 Å². The highest BCUT2D eigenvalue weighted by atomic mass is 35.5. The number of ether oxygens (including phenoxy) is 1. The molecule has 0 saturated carbocycles. The van der Waals surface area contributed by atoms with E-state index in [0.29, 0.717) is 33.7 Å². The summed E-state index contributed by atoms with van der Waals surface area (Å²) < 4.78 is 64.4. The fourth-order valence-electron chi connectivity index (χ4n) is 6.27. The number of aromatic nitrogens is 2. The predicted octanol–water partition coefficient (Wildman–Crippen LogP) is 6.22. The van der Waals surface area contributed by atoms with Crippen molar-refractivity contribution in [1.82, 2.24) is 19.8 Å². The highest BCUT2D eigenvalue weighted by Crippen LogP contribution is 2.39. The number of carbonyl (C=O) groups is 1. The minimum Gasteiger partial charge on any atom is -0.462 e. The first kappa shape index (κ1) is 31.5. The molecule has 0 unspecified atom stereocenters. The van der Waals surface area contributed by atoms with Gasteiger partial charge in [0.2, 0.25) is 6.54 Å². The van der Waals surface area contributed by atoms with Gasteiger partial charge in [0.15, 0.2) is 5.83 Å². The lowest BCUT2D eigenvalue weighted by atomic mass is 9.96. The van der Waals surface area contributed by atoms with Gasteiger partial charge in [-0.15, -0.1) is 0 Å². The van der Waals surface area contributed by atoms with Gasteiger partial charge in [-0.2, -0.15) is 9.97 Å². The maximum atomic E-state index is 16.1.